The highest BCUT2D eigenvalue weighted by Gasteiger charge is 2.40. The SMILES string of the molecule is CC#CCC[C@H](O[Si](C)(C)C(C)(C)C)[C@H](C[C@H](O)CO)OC. The van der Waals surface area contributed by atoms with Gasteiger partial charge in [-0.25, -0.2) is 0 Å². The summed E-state index contributed by atoms with van der Waals surface area (Å²) >= 11 is 0. The fraction of sp³-hybridized carbons (Fsp3) is 0.882. The normalized spacial score (nSPS) is 16.6. The zero-order valence-corrected chi connectivity index (χ0v) is 16.3. The van der Waals surface area contributed by atoms with Crippen molar-refractivity contribution in [1.82, 2.24) is 0 Å². The van der Waals surface area contributed by atoms with Gasteiger partial charge in [-0.3, -0.25) is 0 Å². The number of hydrogen-bond acceptors (Lipinski definition) is 4. The molecule has 0 aliphatic rings. The predicted octanol–water partition coefficient (Wildman–Crippen LogP) is 2.94. The highest BCUT2D eigenvalue weighted by molar-refractivity contribution is 6.74. The van der Waals surface area contributed by atoms with Crippen molar-refractivity contribution in [3.63, 3.8) is 0 Å². The Morgan fingerprint density at radius 2 is 1.77 bits per heavy atom. The maximum atomic E-state index is 9.74. The molecule has 0 bridgehead atoms. The topological polar surface area (TPSA) is 58.9 Å². The van der Waals surface area contributed by atoms with Crippen molar-refractivity contribution in [2.45, 2.75) is 83.4 Å². The first-order valence-electron chi connectivity index (χ1n) is 7.98. The first-order chi connectivity index (χ1) is 10.1. The molecule has 0 spiro atoms. The summed E-state index contributed by atoms with van der Waals surface area (Å²) in [6.07, 6.45) is 0.733. The van der Waals surface area contributed by atoms with Crippen molar-refractivity contribution in [3.05, 3.63) is 0 Å². The fourth-order valence-corrected chi connectivity index (χ4v) is 3.34. The molecule has 130 valence electrons. The Kier molecular flexibility index (Phi) is 9.52. The Hall–Kier alpha value is -0.383. The lowest BCUT2D eigenvalue weighted by Gasteiger charge is -2.41. The van der Waals surface area contributed by atoms with Crippen LogP contribution in [0.3, 0.4) is 0 Å². The molecular weight excluding hydrogens is 296 g/mol. The van der Waals surface area contributed by atoms with Gasteiger partial charge in [0.25, 0.3) is 0 Å². The van der Waals surface area contributed by atoms with Crippen LogP contribution in [0.15, 0.2) is 0 Å². The fourth-order valence-electron chi connectivity index (χ4n) is 1.96. The lowest BCUT2D eigenvalue weighted by molar-refractivity contribution is -0.0430. The van der Waals surface area contributed by atoms with Crippen LogP contribution in [0.1, 0.15) is 47.0 Å². The highest BCUT2D eigenvalue weighted by atomic mass is 28.4. The quantitative estimate of drug-likeness (QED) is 0.504. The standard InChI is InChI=1S/C17H34O4Si/c1-8-9-10-11-15(16(20-5)12-14(19)13-18)21-22(6,7)17(2,3)4/h14-16,18-19H,10-13H2,1-7H3/t14-,15-,16-/m0/s1. The lowest BCUT2D eigenvalue weighted by atomic mass is 10.0. The van der Waals surface area contributed by atoms with Crippen LogP contribution in [0, 0.1) is 11.8 Å². The second-order valence-electron chi connectivity index (χ2n) is 7.23. The monoisotopic (exact) mass is 330 g/mol. The number of aliphatic hydroxyl groups excluding tert-OH is 2. The van der Waals surface area contributed by atoms with Gasteiger partial charge in [0.2, 0.25) is 0 Å². The number of rotatable bonds is 9. The van der Waals surface area contributed by atoms with Crippen LogP contribution in [0.5, 0.6) is 0 Å². The summed E-state index contributed by atoms with van der Waals surface area (Å²) < 4.78 is 12.1. The van der Waals surface area contributed by atoms with E-state index < -0.39 is 14.4 Å². The van der Waals surface area contributed by atoms with Crippen molar-refractivity contribution in [2.24, 2.45) is 0 Å². The molecule has 4 nitrogen and oxygen atoms in total. The Morgan fingerprint density at radius 3 is 2.18 bits per heavy atom. The summed E-state index contributed by atoms with van der Waals surface area (Å²) in [5, 5.41) is 18.9. The third kappa shape index (κ3) is 7.25. The van der Waals surface area contributed by atoms with E-state index in [1.54, 1.807) is 7.11 Å². The number of methoxy groups -OCH3 is 1. The molecule has 0 unspecified atom stereocenters. The van der Waals surface area contributed by atoms with Gasteiger partial charge in [-0.15, -0.1) is 11.8 Å². The Balaban J connectivity index is 5.10. The van der Waals surface area contributed by atoms with E-state index in [2.05, 4.69) is 45.7 Å². The van der Waals surface area contributed by atoms with Crippen LogP contribution in [0.2, 0.25) is 18.1 Å². The zero-order chi connectivity index (χ0) is 17.4. The number of ether oxygens (including phenoxy) is 1. The minimum atomic E-state index is -1.94. The summed E-state index contributed by atoms with van der Waals surface area (Å²) in [5.74, 6) is 5.97. The summed E-state index contributed by atoms with van der Waals surface area (Å²) in [5.41, 5.74) is 0. The number of aliphatic hydroxyl groups is 2. The van der Waals surface area contributed by atoms with Crippen molar-refractivity contribution in [3.8, 4) is 11.8 Å². The van der Waals surface area contributed by atoms with E-state index in [1.807, 2.05) is 6.92 Å². The maximum Gasteiger partial charge on any atom is 0.192 e. The lowest BCUT2D eigenvalue weighted by Crippen LogP contribution is -2.48. The summed E-state index contributed by atoms with van der Waals surface area (Å²) in [6, 6.07) is 0. The van der Waals surface area contributed by atoms with E-state index in [0.717, 1.165) is 12.8 Å². The molecule has 0 aromatic heterocycles. The molecule has 0 aliphatic heterocycles. The van der Waals surface area contributed by atoms with Crippen LogP contribution in [0.4, 0.5) is 0 Å². The average molecular weight is 331 g/mol. The van der Waals surface area contributed by atoms with Gasteiger partial charge in [0.15, 0.2) is 8.32 Å². The molecule has 5 heteroatoms. The molecule has 0 amide bonds. The van der Waals surface area contributed by atoms with E-state index in [0.29, 0.717) is 6.42 Å². The third-order valence-electron chi connectivity index (χ3n) is 4.42. The second kappa shape index (κ2) is 9.69. The van der Waals surface area contributed by atoms with Gasteiger partial charge in [0.1, 0.15) is 0 Å². The van der Waals surface area contributed by atoms with Crippen LogP contribution >= 0.6 is 0 Å². The summed E-state index contributed by atoms with van der Waals surface area (Å²) in [7, 11) is -0.314. The van der Waals surface area contributed by atoms with Crippen LogP contribution in [-0.4, -0.2) is 50.6 Å². The predicted molar refractivity (Wildman–Crippen MR) is 93.3 cm³/mol. The first kappa shape index (κ1) is 21.6. The van der Waals surface area contributed by atoms with Gasteiger partial charge in [0, 0.05) is 20.0 Å². The van der Waals surface area contributed by atoms with Crippen LogP contribution < -0.4 is 0 Å². The molecule has 0 aromatic carbocycles. The largest absolute Gasteiger partial charge is 0.411 e. The molecule has 0 aromatic rings. The van der Waals surface area contributed by atoms with Gasteiger partial charge in [-0.1, -0.05) is 20.8 Å². The van der Waals surface area contributed by atoms with E-state index in [9.17, 15) is 5.11 Å². The van der Waals surface area contributed by atoms with Crippen molar-refractivity contribution >= 4 is 8.32 Å². The molecule has 0 rings (SSSR count). The molecule has 0 saturated heterocycles. The van der Waals surface area contributed by atoms with Gasteiger partial charge in [-0.05, 0) is 31.5 Å². The van der Waals surface area contributed by atoms with Crippen molar-refractivity contribution < 1.29 is 19.4 Å². The second-order valence-corrected chi connectivity index (χ2v) is 12.0. The Bertz CT molecular complexity index is 365. The molecule has 22 heavy (non-hydrogen) atoms. The van der Waals surface area contributed by atoms with E-state index >= 15 is 0 Å². The molecule has 0 heterocycles. The molecule has 0 aliphatic carbocycles. The Morgan fingerprint density at radius 1 is 1.18 bits per heavy atom. The van der Waals surface area contributed by atoms with Crippen molar-refractivity contribution in [1.29, 1.82) is 0 Å². The number of hydrogen-bond donors (Lipinski definition) is 2. The first-order valence-corrected chi connectivity index (χ1v) is 10.9. The minimum absolute atomic E-state index is 0.107. The smallest absolute Gasteiger partial charge is 0.192 e. The molecule has 0 radical (unpaired) electrons. The highest BCUT2D eigenvalue weighted by Crippen LogP contribution is 2.38. The van der Waals surface area contributed by atoms with Gasteiger partial charge < -0.3 is 19.4 Å². The minimum Gasteiger partial charge on any atom is -0.411 e. The van der Waals surface area contributed by atoms with E-state index in [-0.39, 0.29) is 23.9 Å². The van der Waals surface area contributed by atoms with Crippen LogP contribution in [-0.2, 0) is 9.16 Å². The molecule has 0 fully saturated rings. The van der Waals surface area contributed by atoms with Gasteiger partial charge in [0.05, 0.1) is 24.9 Å². The molecule has 3 atom stereocenters. The average Bonchev–Trinajstić information content (AvgIpc) is 2.42. The third-order valence-corrected chi connectivity index (χ3v) is 8.92. The zero-order valence-electron chi connectivity index (χ0n) is 15.3. The molecule has 2 N–H and O–H groups in total. The Labute approximate surface area is 137 Å². The van der Waals surface area contributed by atoms with Gasteiger partial charge in [-0.2, -0.15) is 0 Å². The summed E-state index contributed by atoms with van der Waals surface area (Å²) in [4.78, 5) is 0. The van der Waals surface area contributed by atoms with E-state index in [4.69, 9.17) is 14.3 Å². The summed E-state index contributed by atoms with van der Waals surface area (Å²) in [6.45, 7) is 12.6. The van der Waals surface area contributed by atoms with E-state index in [1.165, 1.54) is 0 Å². The molecule has 0 saturated carbocycles. The van der Waals surface area contributed by atoms with Gasteiger partial charge >= 0.3 is 0 Å². The maximum absolute atomic E-state index is 9.74. The molecular formula is C17H34O4Si. The van der Waals surface area contributed by atoms with Crippen LogP contribution in [0.25, 0.3) is 0 Å². The van der Waals surface area contributed by atoms with Crippen molar-refractivity contribution in [2.75, 3.05) is 13.7 Å².